The van der Waals surface area contributed by atoms with E-state index in [1.54, 1.807) is 12.1 Å². The number of hydrogen-bond acceptors (Lipinski definition) is 2. The maximum atomic E-state index is 12.8. The molecule has 0 saturated heterocycles. The van der Waals surface area contributed by atoms with Crippen molar-refractivity contribution in [2.45, 2.75) is 39.2 Å². The molecule has 17 heavy (non-hydrogen) atoms. The second-order valence-electron chi connectivity index (χ2n) is 5.73. The highest BCUT2D eigenvalue weighted by atomic mass is 19.1. The van der Waals surface area contributed by atoms with E-state index in [-0.39, 0.29) is 17.2 Å². The van der Waals surface area contributed by atoms with Gasteiger partial charge in [0.15, 0.2) is 0 Å². The van der Waals surface area contributed by atoms with Gasteiger partial charge in [0.2, 0.25) is 0 Å². The first-order chi connectivity index (χ1) is 7.83. The molecular formula is C14H22FNO. The number of hydrogen-bond donors (Lipinski definition) is 2. The number of nitrogens with two attached hydrogens (primary N) is 1. The highest BCUT2D eigenvalue weighted by Crippen LogP contribution is 2.28. The summed E-state index contributed by atoms with van der Waals surface area (Å²) >= 11 is 0. The third kappa shape index (κ3) is 4.44. The molecule has 0 saturated carbocycles. The zero-order valence-corrected chi connectivity index (χ0v) is 10.8. The van der Waals surface area contributed by atoms with E-state index in [2.05, 4.69) is 20.8 Å². The lowest BCUT2D eigenvalue weighted by Crippen LogP contribution is -2.29. The van der Waals surface area contributed by atoms with E-state index in [4.69, 9.17) is 5.73 Å². The van der Waals surface area contributed by atoms with Crippen LogP contribution in [0.1, 0.15) is 38.7 Å². The predicted molar refractivity (Wildman–Crippen MR) is 68.3 cm³/mol. The van der Waals surface area contributed by atoms with Crippen molar-refractivity contribution in [3.05, 3.63) is 35.6 Å². The average Bonchev–Trinajstić information content (AvgIpc) is 2.19. The van der Waals surface area contributed by atoms with Crippen molar-refractivity contribution in [2.24, 2.45) is 11.1 Å². The van der Waals surface area contributed by atoms with Crippen molar-refractivity contribution in [3.63, 3.8) is 0 Å². The standard InChI is InChI=1S/C14H22FNO/c1-14(2,3)8-13(17)12(9-16)10-4-6-11(15)7-5-10/h4-7,12-13,17H,8-9,16H2,1-3H3. The zero-order valence-electron chi connectivity index (χ0n) is 10.8. The molecule has 0 spiro atoms. The minimum atomic E-state index is -0.495. The molecule has 0 aromatic heterocycles. The van der Waals surface area contributed by atoms with Gasteiger partial charge in [-0.3, -0.25) is 0 Å². The smallest absolute Gasteiger partial charge is 0.123 e. The molecular weight excluding hydrogens is 217 g/mol. The van der Waals surface area contributed by atoms with Crippen LogP contribution >= 0.6 is 0 Å². The summed E-state index contributed by atoms with van der Waals surface area (Å²) in [6.07, 6.45) is 0.178. The molecule has 3 N–H and O–H groups in total. The molecule has 2 nitrogen and oxygen atoms in total. The minimum absolute atomic E-state index is 0.0485. The molecule has 1 aromatic carbocycles. The van der Waals surface area contributed by atoms with E-state index < -0.39 is 6.10 Å². The number of aliphatic hydroxyl groups is 1. The van der Waals surface area contributed by atoms with Gasteiger partial charge in [-0.1, -0.05) is 32.9 Å². The van der Waals surface area contributed by atoms with E-state index in [1.807, 2.05) is 0 Å². The van der Waals surface area contributed by atoms with Crippen molar-refractivity contribution in [1.29, 1.82) is 0 Å². The van der Waals surface area contributed by atoms with Crippen LogP contribution in [0.5, 0.6) is 0 Å². The number of aliphatic hydroxyl groups excluding tert-OH is 1. The predicted octanol–water partition coefficient (Wildman–Crippen LogP) is 2.67. The van der Waals surface area contributed by atoms with E-state index in [0.717, 1.165) is 5.56 Å². The summed E-state index contributed by atoms with van der Waals surface area (Å²) in [5.41, 5.74) is 6.65. The lowest BCUT2D eigenvalue weighted by Gasteiger charge is -2.28. The maximum absolute atomic E-state index is 12.8. The molecule has 0 heterocycles. The van der Waals surface area contributed by atoms with Gasteiger partial charge < -0.3 is 10.8 Å². The average molecular weight is 239 g/mol. The fourth-order valence-corrected chi connectivity index (χ4v) is 1.99. The fraction of sp³-hybridized carbons (Fsp3) is 0.571. The van der Waals surface area contributed by atoms with Crippen LogP contribution in [0.2, 0.25) is 0 Å². The van der Waals surface area contributed by atoms with Crippen LogP contribution in [0.15, 0.2) is 24.3 Å². The van der Waals surface area contributed by atoms with Gasteiger partial charge >= 0.3 is 0 Å². The summed E-state index contributed by atoms with van der Waals surface area (Å²) in [7, 11) is 0. The molecule has 0 aliphatic rings. The Morgan fingerprint density at radius 2 is 1.76 bits per heavy atom. The number of halogens is 1. The van der Waals surface area contributed by atoms with Gasteiger partial charge in [-0.15, -0.1) is 0 Å². The monoisotopic (exact) mass is 239 g/mol. The topological polar surface area (TPSA) is 46.2 Å². The van der Waals surface area contributed by atoms with E-state index in [0.29, 0.717) is 13.0 Å². The van der Waals surface area contributed by atoms with Crippen LogP contribution in [0.25, 0.3) is 0 Å². The maximum Gasteiger partial charge on any atom is 0.123 e. The first-order valence-electron chi connectivity index (χ1n) is 5.97. The summed E-state index contributed by atoms with van der Waals surface area (Å²) in [4.78, 5) is 0. The molecule has 0 aliphatic heterocycles. The van der Waals surface area contributed by atoms with Crippen molar-refractivity contribution in [1.82, 2.24) is 0 Å². The van der Waals surface area contributed by atoms with Crippen LogP contribution in [0, 0.1) is 11.2 Å². The van der Waals surface area contributed by atoms with Crippen molar-refractivity contribution in [3.8, 4) is 0 Å². The van der Waals surface area contributed by atoms with Gasteiger partial charge in [-0.05, 0) is 29.5 Å². The Hall–Kier alpha value is -0.930. The van der Waals surface area contributed by atoms with Crippen molar-refractivity contribution >= 4 is 0 Å². The summed E-state index contributed by atoms with van der Waals surface area (Å²) in [6, 6.07) is 6.20. The van der Waals surface area contributed by atoms with Gasteiger partial charge in [-0.25, -0.2) is 4.39 Å². The molecule has 3 heteroatoms. The Bertz CT molecular complexity index is 342. The van der Waals surface area contributed by atoms with Gasteiger partial charge in [0, 0.05) is 12.5 Å². The lowest BCUT2D eigenvalue weighted by molar-refractivity contribution is 0.0972. The summed E-state index contributed by atoms with van der Waals surface area (Å²) in [5.74, 6) is -0.398. The van der Waals surface area contributed by atoms with E-state index in [1.165, 1.54) is 12.1 Å². The summed E-state index contributed by atoms with van der Waals surface area (Å²) < 4.78 is 12.8. The van der Waals surface area contributed by atoms with Gasteiger partial charge in [0.25, 0.3) is 0 Å². The van der Waals surface area contributed by atoms with Crippen LogP contribution in [-0.2, 0) is 0 Å². The molecule has 1 rings (SSSR count). The molecule has 0 bridgehead atoms. The second-order valence-corrected chi connectivity index (χ2v) is 5.73. The van der Waals surface area contributed by atoms with Crippen LogP contribution in [-0.4, -0.2) is 17.8 Å². The highest BCUT2D eigenvalue weighted by Gasteiger charge is 2.24. The van der Waals surface area contributed by atoms with Crippen molar-refractivity contribution in [2.75, 3.05) is 6.54 Å². The van der Waals surface area contributed by atoms with Crippen LogP contribution in [0.3, 0.4) is 0 Å². The highest BCUT2D eigenvalue weighted by molar-refractivity contribution is 5.22. The third-order valence-corrected chi connectivity index (χ3v) is 2.84. The lowest BCUT2D eigenvalue weighted by atomic mass is 9.82. The molecule has 0 fully saturated rings. The van der Waals surface area contributed by atoms with Crippen LogP contribution in [0.4, 0.5) is 4.39 Å². The fourth-order valence-electron chi connectivity index (χ4n) is 1.99. The number of benzene rings is 1. The zero-order chi connectivity index (χ0) is 13.1. The first-order valence-corrected chi connectivity index (χ1v) is 5.97. The molecule has 0 aliphatic carbocycles. The molecule has 1 aromatic rings. The quantitative estimate of drug-likeness (QED) is 0.848. The second kappa shape index (κ2) is 5.61. The van der Waals surface area contributed by atoms with Crippen LogP contribution < -0.4 is 5.73 Å². The molecule has 0 amide bonds. The Balaban J connectivity index is 2.80. The minimum Gasteiger partial charge on any atom is -0.392 e. The Kier molecular flexibility index (Phi) is 4.66. The first kappa shape index (κ1) is 14.1. The Morgan fingerprint density at radius 3 is 2.18 bits per heavy atom. The number of rotatable bonds is 4. The van der Waals surface area contributed by atoms with E-state index in [9.17, 15) is 9.50 Å². The molecule has 0 radical (unpaired) electrons. The summed E-state index contributed by atoms with van der Waals surface area (Å²) in [6.45, 7) is 6.60. The van der Waals surface area contributed by atoms with Gasteiger partial charge in [0.05, 0.1) is 6.10 Å². The van der Waals surface area contributed by atoms with Crippen molar-refractivity contribution < 1.29 is 9.50 Å². The SMILES string of the molecule is CC(C)(C)CC(O)C(CN)c1ccc(F)cc1. The Labute approximate surface area is 103 Å². The Morgan fingerprint density at radius 1 is 1.24 bits per heavy atom. The normalized spacial score (nSPS) is 15.6. The third-order valence-electron chi connectivity index (χ3n) is 2.84. The molecule has 2 atom stereocenters. The van der Waals surface area contributed by atoms with E-state index >= 15 is 0 Å². The van der Waals surface area contributed by atoms with Gasteiger partial charge in [0.1, 0.15) is 5.82 Å². The molecule has 2 unspecified atom stereocenters. The van der Waals surface area contributed by atoms with Gasteiger partial charge in [-0.2, -0.15) is 0 Å². The summed E-state index contributed by atoms with van der Waals surface area (Å²) in [5, 5.41) is 10.2. The molecule has 96 valence electrons. The largest absolute Gasteiger partial charge is 0.392 e.